The normalized spacial score (nSPS) is 11.1. The van der Waals surface area contributed by atoms with Crippen LogP contribution in [0.3, 0.4) is 0 Å². The molecule has 0 fully saturated rings. The van der Waals surface area contributed by atoms with Crippen LogP contribution in [0.2, 0.25) is 5.02 Å². The number of nitrogens with one attached hydrogen (secondary N) is 1. The van der Waals surface area contributed by atoms with Gasteiger partial charge in [0.2, 0.25) is 11.8 Å². The van der Waals surface area contributed by atoms with Crippen LogP contribution in [0, 0.1) is 0 Å². The van der Waals surface area contributed by atoms with Gasteiger partial charge in [-0.1, -0.05) is 48.8 Å². The van der Waals surface area contributed by atoms with Gasteiger partial charge in [0.05, 0.1) is 16.3 Å². The molecule has 0 atom stereocenters. The molecule has 0 saturated carbocycles. The highest BCUT2D eigenvalue weighted by atomic mass is 35.5. The molecule has 0 radical (unpaired) electrons. The van der Waals surface area contributed by atoms with Gasteiger partial charge < -0.3 is 4.42 Å². The molecule has 0 unspecified atom stereocenters. The number of thioether (sulfide) groups is 1. The van der Waals surface area contributed by atoms with E-state index in [9.17, 15) is 4.79 Å². The number of nitrogens with zero attached hydrogens (tertiary/aromatic N) is 4. The topological polar surface area (TPSA) is 89.6 Å². The molecule has 1 N–H and O–H groups in total. The minimum absolute atomic E-state index is 0.201. The third-order valence-electron chi connectivity index (χ3n) is 3.35. The van der Waals surface area contributed by atoms with Crippen molar-refractivity contribution in [2.24, 2.45) is 0 Å². The maximum Gasteiger partial charge on any atom is 0.343 e. The number of aromatic nitrogens is 5. The summed E-state index contributed by atoms with van der Waals surface area (Å²) in [6.45, 7) is 2.72. The second kappa shape index (κ2) is 7.67. The number of rotatable bonds is 7. The first-order valence-electron chi connectivity index (χ1n) is 7.54. The lowest BCUT2D eigenvalue weighted by atomic mass is 10.2. The van der Waals surface area contributed by atoms with Gasteiger partial charge in [0.1, 0.15) is 0 Å². The summed E-state index contributed by atoms with van der Waals surface area (Å²) in [5.74, 6) is 1.25. The molecule has 3 aromatic rings. The molecule has 7 nitrogen and oxygen atoms in total. The first-order chi connectivity index (χ1) is 11.7. The number of unbranched alkanes of at least 4 members (excludes halogenated alkanes) is 1. The Hall–Kier alpha value is -2.06. The summed E-state index contributed by atoms with van der Waals surface area (Å²) in [4.78, 5) is 11.7. The average Bonchev–Trinajstić information content (AvgIpc) is 3.18. The molecule has 2 aromatic heterocycles. The van der Waals surface area contributed by atoms with Gasteiger partial charge in [0.15, 0.2) is 5.16 Å². The van der Waals surface area contributed by atoms with Crippen molar-refractivity contribution in [3.05, 3.63) is 45.7 Å². The standard InChI is InChI=1S/C15H16ClN5O2S/c1-2-3-8-21-14(22)19-20-15(21)24-9-12-17-18-13(23-12)10-6-4-5-7-11(10)16/h4-7H,2-3,8-9H2,1H3,(H,19,22). The predicted octanol–water partition coefficient (Wildman–Crippen LogP) is 3.37. The smallest absolute Gasteiger partial charge is 0.343 e. The Bertz CT molecular complexity index is 873. The lowest BCUT2D eigenvalue weighted by Gasteiger charge is -2.02. The van der Waals surface area contributed by atoms with Gasteiger partial charge in [-0.2, -0.15) is 0 Å². The Kier molecular flexibility index (Phi) is 5.37. The second-order valence-corrected chi connectivity index (χ2v) is 6.44. The molecule has 1 aromatic carbocycles. The largest absolute Gasteiger partial charge is 0.420 e. The lowest BCUT2D eigenvalue weighted by Crippen LogP contribution is -2.17. The third kappa shape index (κ3) is 3.70. The number of benzene rings is 1. The Morgan fingerprint density at radius 2 is 2.17 bits per heavy atom. The zero-order valence-electron chi connectivity index (χ0n) is 13.0. The average molecular weight is 366 g/mol. The van der Waals surface area contributed by atoms with Gasteiger partial charge in [-0.15, -0.1) is 15.3 Å². The van der Waals surface area contributed by atoms with Crippen molar-refractivity contribution in [1.29, 1.82) is 0 Å². The van der Waals surface area contributed by atoms with E-state index in [1.807, 2.05) is 18.2 Å². The zero-order chi connectivity index (χ0) is 16.9. The molecule has 3 rings (SSSR count). The van der Waals surface area contributed by atoms with E-state index in [0.29, 0.717) is 39.8 Å². The summed E-state index contributed by atoms with van der Waals surface area (Å²) in [5, 5.41) is 15.7. The van der Waals surface area contributed by atoms with Gasteiger partial charge >= 0.3 is 5.69 Å². The SMILES string of the molecule is CCCCn1c(SCc2nnc(-c3ccccc3Cl)o2)n[nH]c1=O. The van der Waals surface area contributed by atoms with Crippen LogP contribution in [-0.2, 0) is 12.3 Å². The van der Waals surface area contributed by atoms with E-state index >= 15 is 0 Å². The van der Waals surface area contributed by atoms with Crippen molar-refractivity contribution in [3.63, 3.8) is 0 Å². The highest BCUT2D eigenvalue weighted by Gasteiger charge is 2.14. The minimum Gasteiger partial charge on any atom is -0.420 e. The van der Waals surface area contributed by atoms with E-state index < -0.39 is 0 Å². The Morgan fingerprint density at radius 1 is 1.33 bits per heavy atom. The minimum atomic E-state index is -0.201. The first-order valence-corrected chi connectivity index (χ1v) is 8.90. The Morgan fingerprint density at radius 3 is 2.96 bits per heavy atom. The molecule has 0 bridgehead atoms. The van der Waals surface area contributed by atoms with E-state index in [2.05, 4.69) is 27.3 Å². The number of hydrogen-bond acceptors (Lipinski definition) is 6. The highest BCUT2D eigenvalue weighted by Crippen LogP contribution is 2.27. The van der Waals surface area contributed by atoms with E-state index in [0.717, 1.165) is 12.8 Å². The first kappa shape index (κ1) is 16.8. The highest BCUT2D eigenvalue weighted by molar-refractivity contribution is 7.98. The molecule has 2 heterocycles. The Labute approximate surface area is 147 Å². The van der Waals surface area contributed by atoms with Crippen molar-refractivity contribution >= 4 is 23.4 Å². The van der Waals surface area contributed by atoms with Crippen LogP contribution < -0.4 is 5.69 Å². The van der Waals surface area contributed by atoms with Gasteiger partial charge in [0.25, 0.3) is 0 Å². The quantitative estimate of drug-likeness (QED) is 0.645. The molecule has 0 aliphatic heterocycles. The fourth-order valence-electron chi connectivity index (χ4n) is 2.11. The van der Waals surface area contributed by atoms with Crippen LogP contribution >= 0.6 is 23.4 Å². The van der Waals surface area contributed by atoms with Crippen molar-refractivity contribution < 1.29 is 4.42 Å². The lowest BCUT2D eigenvalue weighted by molar-refractivity contribution is 0.527. The molecule has 0 aliphatic rings. The van der Waals surface area contributed by atoms with Crippen LogP contribution in [0.25, 0.3) is 11.5 Å². The number of halogens is 1. The van der Waals surface area contributed by atoms with Crippen LogP contribution in [0.1, 0.15) is 25.7 Å². The van der Waals surface area contributed by atoms with Crippen molar-refractivity contribution in [2.75, 3.05) is 0 Å². The van der Waals surface area contributed by atoms with Crippen LogP contribution in [0.5, 0.6) is 0 Å². The molecule has 0 amide bonds. The van der Waals surface area contributed by atoms with Crippen LogP contribution in [0.15, 0.2) is 38.6 Å². The van der Waals surface area contributed by atoms with Crippen molar-refractivity contribution in [1.82, 2.24) is 25.0 Å². The van der Waals surface area contributed by atoms with Gasteiger partial charge in [-0.3, -0.25) is 4.57 Å². The van der Waals surface area contributed by atoms with Crippen molar-refractivity contribution in [3.8, 4) is 11.5 Å². The monoisotopic (exact) mass is 365 g/mol. The molecular weight excluding hydrogens is 350 g/mol. The molecule has 126 valence electrons. The van der Waals surface area contributed by atoms with Gasteiger partial charge in [-0.05, 0) is 18.6 Å². The molecule has 9 heteroatoms. The number of aromatic amines is 1. The molecule has 0 spiro atoms. The second-order valence-electron chi connectivity index (χ2n) is 5.09. The number of H-pyrrole nitrogens is 1. The summed E-state index contributed by atoms with van der Waals surface area (Å²) in [7, 11) is 0. The molecule has 24 heavy (non-hydrogen) atoms. The Balaban J connectivity index is 1.70. The third-order valence-corrected chi connectivity index (χ3v) is 4.65. The van der Waals surface area contributed by atoms with E-state index in [1.54, 1.807) is 10.6 Å². The maximum atomic E-state index is 11.7. The van der Waals surface area contributed by atoms with Crippen LogP contribution in [-0.4, -0.2) is 25.0 Å². The predicted molar refractivity (Wildman–Crippen MR) is 92.1 cm³/mol. The summed E-state index contributed by atoms with van der Waals surface area (Å²) in [6, 6.07) is 7.29. The van der Waals surface area contributed by atoms with Crippen molar-refractivity contribution in [2.45, 2.75) is 37.2 Å². The molecule has 0 aliphatic carbocycles. The number of hydrogen-bond donors (Lipinski definition) is 1. The fourth-order valence-corrected chi connectivity index (χ4v) is 3.13. The summed E-state index contributed by atoms with van der Waals surface area (Å²) < 4.78 is 7.27. The van der Waals surface area contributed by atoms with E-state index in [1.165, 1.54) is 11.8 Å². The summed E-state index contributed by atoms with van der Waals surface area (Å²) >= 11 is 7.50. The van der Waals surface area contributed by atoms with E-state index in [4.69, 9.17) is 16.0 Å². The zero-order valence-corrected chi connectivity index (χ0v) is 14.6. The van der Waals surface area contributed by atoms with E-state index in [-0.39, 0.29) is 5.69 Å². The summed E-state index contributed by atoms with van der Waals surface area (Å²) in [5.41, 5.74) is 0.496. The van der Waals surface area contributed by atoms with Gasteiger partial charge in [-0.25, -0.2) is 9.89 Å². The summed E-state index contributed by atoms with van der Waals surface area (Å²) in [6.07, 6.45) is 1.93. The van der Waals surface area contributed by atoms with Gasteiger partial charge in [0, 0.05) is 6.54 Å². The maximum absolute atomic E-state index is 11.7. The molecular formula is C15H16ClN5O2S. The molecule has 0 saturated heterocycles. The fraction of sp³-hybridized carbons (Fsp3) is 0.333. The van der Waals surface area contributed by atoms with Crippen LogP contribution in [0.4, 0.5) is 0 Å².